The fourth-order valence-electron chi connectivity index (χ4n) is 4.14. The number of amides is 1. The van der Waals surface area contributed by atoms with Gasteiger partial charge in [-0.3, -0.25) is 9.69 Å². The number of benzene rings is 1. The fraction of sp³-hybridized carbons (Fsp3) is 0.600. The summed E-state index contributed by atoms with van der Waals surface area (Å²) in [5.41, 5.74) is 1.83. The van der Waals surface area contributed by atoms with Gasteiger partial charge in [0.2, 0.25) is 5.91 Å². The Kier molecular flexibility index (Phi) is 5.29. The van der Waals surface area contributed by atoms with Crippen molar-refractivity contribution in [1.29, 1.82) is 5.26 Å². The standard InChI is InChI=1S/C20H28N4O/c1-23(2)17-8-5-7-16(13-17)18-9-6-12-24(18)14-19(25)22-20(15-21)10-3-4-11-20/h5,7-8,13,18H,3-4,6,9-12,14H2,1-2H3,(H,22,25)/t18-/m1/s1. The van der Waals surface area contributed by atoms with Crippen LogP contribution in [-0.4, -0.2) is 43.5 Å². The normalized spacial score (nSPS) is 22.5. The minimum Gasteiger partial charge on any atom is -0.378 e. The van der Waals surface area contributed by atoms with Crippen LogP contribution in [0.15, 0.2) is 24.3 Å². The maximum absolute atomic E-state index is 12.6. The molecule has 5 heteroatoms. The zero-order chi connectivity index (χ0) is 17.9. The molecule has 1 N–H and O–H groups in total. The molecule has 1 amide bonds. The quantitative estimate of drug-likeness (QED) is 0.895. The third kappa shape index (κ3) is 3.96. The molecule has 1 aromatic rings. The predicted molar refractivity (Wildman–Crippen MR) is 99.3 cm³/mol. The lowest BCUT2D eigenvalue weighted by molar-refractivity contribution is -0.123. The molecule has 0 spiro atoms. The van der Waals surface area contributed by atoms with Crippen LogP contribution in [0.3, 0.4) is 0 Å². The lowest BCUT2D eigenvalue weighted by atomic mass is 10.00. The summed E-state index contributed by atoms with van der Waals surface area (Å²) in [6, 6.07) is 11.2. The van der Waals surface area contributed by atoms with Gasteiger partial charge in [0.1, 0.15) is 5.54 Å². The van der Waals surface area contributed by atoms with E-state index in [2.05, 4.69) is 45.5 Å². The van der Waals surface area contributed by atoms with Crippen molar-refractivity contribution >= 4 is 11.6 Å². The molecule has 0 unspecified atom stereocenters. The van der Waals surface area contributed by atoms with Crippen molar-refractivity contribution in [2.45, 2.75) is 50.1 Å². The Morgan fingerprint density at radius 1 is 1.36 bits per heavy atom. The minimum atomic E-state index is -0.628. The van der Waals surface area contributed by atoms with Gasteiger partial charge >= 0.3 is 0 Å². The molecule has 2 fully saturated rings. The first-order valence-corrected chi connectivity index (χ1v) is 9.27. The van der Waals surface area contributed by atoms with Gasteiger partial charge in [0.05, 0.1) is 12.6 Å². The molecule has 0 bridgehead atoms. The molecule has 2 aliphatic rings. The number of rotatable bonds is 5. The summed E-state index contributed by atoms with van der Waals surface area (Å²) in [4.78, 5) is 16.9. The van der Waals surface area contributed by atoms with Crippen molar-refractivity contribution < 1.29 is 4.79 Å². The van der Waals surface area contributed by atoms with Crippen molar-refractivity contribution in [2.75, 3.05) is 32.1 Å². The van der Waals surface area contributed by atoms with Gasteiger partial charge in [-0.05, 0) is 62.8 Å². The number of nitrogens with one attached hydrogen (secondary N) is 1. The molecule has 1 aliphatic heterocycles. The number of carbonyl (C=O) groups is 1. The number of hydrogen-bond donors (Lipinski definition) is 1. The first-order chi connectivity index (χ1) is 12.0. The van der Waals surface area contributed by atoms with Crippen LogP contribution < -0.4 is 10.2 Å². The third-order valence-electron chi connectivity index (χ3n) is 5.53. The third-order valence-corrected chi connectivity index (χ3v) is 5.53. The Morgan fingerprint density at radius 3 is 2.80 bits per heavy atom. The molecule has 1 atom stereocenters. The van der Waals surface area contributed by atoms with Crippen molar-refractivity contribution in [3.8, 4) is 6.07 Å². The molecular formula is C20H28N4O. The second kappa shape index (κ2) is 7.45. The number of nitriles is 1. The van der Waals surface area contributed by atoms with E-state index in [1.165, 1.54) is 11.3 Å². The van der Waals surface area contributed by atoms with Crippen LogP contribution in [0.5, 0.6) is 0 Å². The summed E-state index contributed by atoms with van der Waals surface area (Å²) >= 11 is 0. The zero-order valence-electron chi connectivity index (χ0n) is 15.3. The van der Waals surface area contributed by atoms with E-state index < -0.39 is 5.54 Å². The molecule has 1 saturated heterocycles. The number of nitrogens with zero attached hydrogens (tertiary/aromatic N) is 3. The molecule has 1 aliphatic carbocycles. The Bertz CT molecular complexity index is 658. The molecule has 1 aromatic carbocycles. The van der Waals surface area contributed by atoms with E-state index >= 15 is 0 Å². The Morgan fingerprint density at radius 2 is 2.12 bits per heavy atom. The van der Waals surface area contributed by atoms with Crippen LogP contribution >= 0.6 is 0 Å². The smallest absolute Gasteiger partial charge is 0.235 e. The van der Waals surface area contributed by atoms with Crippen LogP contribution in [0.25, 0.3) is 0 Å². The fourth-order valence-corrected chi connectivity index (χ4v) is 4.14. The number of anilines is 1. The molecule has 25 heavy (non-hydrogen) atoms. The number of carbonyl (C=O) groups excluding carboxylic acids is 1. The summed E-state index contributed by atoms with van der Waals surface area (Å²) in [6.45, 7) is 1.31. The molecule has 0 radical (unpaired) electrons. The van der Waals surface area contributed by atoms with Gasteiger partial charge in [0, 0.05) is 25.8 Å². The highest BCUT2D eigenvalue weighted by Gasteiger charge is 2.36. The largest absolute Gasteiger partial charge is 0.378 e. The van der Waals surface area contributed by atoms with Gasteiger partial charge in [0.25, 0.3) is 0 Å². The van der Waals surface area contributed by atoms with Crippen molar-refractivity contribution in [3.63, 3.8) is 0 Å². The van der Waals surface area contributed by atoms with E-state index in [9.17, 15) is 10.1 Å². The average Bonchev–Trinajstić information content (AvgIpc) is 3.25. The Hall–Kier alpha value is -2.06. The molecule has 134 valence electrons. The van der Waals surface area contributed by atoms with E-state index in [-0.39, 0.29) is 11.9 Å². The topological polar surface area (TPSA) is 59.4 Å². The summed E-state index contributed by atoms with van der Waals surface area (Å²) in [7, 11) is 4.09. The van der Waals surface area contributed by atoms with Gasteiger partial charge in [-0.25, -0.2) is 0 Å². The Labute approximate surface area is 150 Å². The maximum Gasteiger partial charge on any atom is 0.235 e. The van der Waals surface area contributed by atoms with Crippen LogP contribution in [-0.2, 0) is 4.79 Å². The summed E-state index contributed by atoms with van der Waals surface area (Å²) in [5, 5.41) is 12.5. The van der Waals surface area contributed by atoms with E-state index in [1.54, 1.807) is 0 Å². The van der Waals surface area contributed by atoms with Crippen molar-refractivity contribution in [1.82, 2.24) is 10.2 Å². The van der Waals surface area contributed by atoms with Crippen LogP contribution in [0, 0.1) is 11.3 Å². The van der Waals surface area contributed by atoms with Gasteiger partial charge in [-0.1, -0.05) is 12.1 Å². The van der Waals surface area contributed by atoms with Gasteiger partial charge in [0.15, 0.2) is 0 Å². The summed E-state index contributed by atoms with van der Waals surface area (Å²) in [6.07, 6.45) is 5.79. The Balaban J connectivity index is 1.67. The van der Waals surface area contributed by atoms with Crippen molar-refractivity contribution in [2.24, 2.45) is 0 Å². The van der Waals surface area contributed by atoms with E-state index in [1.807, 2.05) is 14.1 Å². The van der Waals surface area contributed by atoms with Gasteiger partial charge in [-0.2, -0.15) is 5.26 Å². The lowest BCUT2D eigenvalue weighted by Gasteiger charge is -2.28. The van der Waals surface area contributed by atoms with E-state index in [4.69, 9.17) is 0 Å². The molecular weight excluding hydrogens is 312 g/mol. The predicted octanol–water partition coefficient (Wildman–Crippen LogP) is 2.84. The van der Waals surface area contributed by atoms with Crippen LogP contribution in [0.4, 0.5) is 5.69 Å². The lowest BCUT2D eigenvalue weighted by Crippen LogP contribution is -2.48. The van der Waals surface area contributed by atoms with Crippen LogP contribution in [0.2, 0.25) is 0 Å². The number of hydrogen-bond acceptors (Lipinski definition) is 4. The van der Waals surface area contributed by atoms with Crippen LogP contribution in [0.1, 0.15) is 50.1 Å². The highest BCUT2D eigenvalue weighted by molar-refractivity contribution is 5.79. The SMILES string of the molecule is CN(C)c1cccc([C@H]2CCCN2CC(=O)NC2(C#N)CCCC2)c1. The number of likely N-dealkylation sites (tertiary alicyclic amines) is 1. The first kappa shape index (κ1) is 17.8. The van der Waals surface area contributed by atoms with E-state index in [0.29, 0.717) is 6.54 Å². The highest BCUT2D eigenvalue weighted by Crippen LogP contribution is 2.33. The molecule has 0 aromatic heterocycles. The maximum atomic E-state index is 12.6. The monoisotopic (exact) mass is 340 g/mol. The second-order valence-corrected chi connectivity index (χ2v) is 7.57. The summed E-state index contributed by atoms with van der Waals surface area (Å²) in [5.74, 6) is -0.0147. The highest BCUT2D eigenvalue weighted by atomic mass is 16.2. The molecule has 1 saturated carbocycles. The first-order valence-electron chi connectivity index (χ1n) is 9.27. The summed E-state index contributed by atoms with van der Waals surface area (Å²) < 4.78 is 0. The minimum absolute atomic E-state index is 0.0147. The average molecular weight is 340 g/mol. The zero-order valence-corrected chi connectivity index (χ0v) is 15.3. The van der Waals surface area contributed by atoms with Crippen molar-refractivity contribution in [3.05, 3.63) is 29.8 Å². The molecule has 3 rings (SSSR count). The molecule has 1 heterocycles. The van der Waals surface area contributed by atoms with Gasteiger partial charge in [-0.15, -0.1) is 0 Å². The van der Waals surface area contributed by atoms with E-state index in [0.717, 1.165) is 45.1 Å². The molecule has 5 nitrogen and oxygen atoms in total. The second-order valence-electron chi connectivity index (χ2n) is 7.57. The van der Waals surface area contributed by atoms with Gasteiger partial charge < -0.3 is 10.2 Å².